The Morgan fingerprint density at radius 2 is 2.12 bits per heavy atom. The zero-order chi connectivity index (χ0) is 18.1. The van der Waals surface area contributed by atoms with E-state index < -0.39 is 0 Å². The van der Waals surface area contributed by atoms with Gasteiger partial charge >= 0.3 is 0 Å². The molecule has 9 nitrogen and oxygen atoms in total. The quantitative estimate of drug-likeness (QED) is 0.843. The molecular formula is C17H23N5O4. The first-order chi connectivity index (χ1) is 12.7. The average Bonchev–Trinajstić information content (AvgIpc) is 3.32. The molecule has 1 saturated heterocycles. The monoisotopic (exact) mass is 361 g/mol. The first kappa shape index (κ1) is 17.0. The lowest BCUT2D eigenvalue weighted by Gasteiger charge is -2.27. The number of amides is 1. The van der Waals surface area contributed by atoms with E-state index in [1.54, 1.807) is 11.0 Å². The molecule has 0 aromatic carbocycles. The van der Waals surface area contributed by atoms with Crippen LogP contribution in [0.25, 0.3) is 0 Å². The highest BCUT2D eigenvalue weighted by Gasteiger charge is 2.29. The van der Waals surface area contributed by atoms with Crippen LogP contribution in [0, 0.1) is 0 Å². The van der Waals surface area contributed by atoms with Crippen molar-refractivity contribution in [1.82, 2.24) is 19.8 Å². The molecule has 2 aromatic heterocycles. The van der Waals surface area contributed by atoms with Gasteiger partial charge in [-0.2, -0.15) is 5.10 Å². The third kappa shape index (κ3) is 2.97. The van der Waals surface area contributed by atoms with Crippen molar-refractivity contribution in [2.24, 2.45) is 0 Å². The smallest absolute Gasteiger partial charge is 0.292 e. The SMILES string of the molecule is CCn1nc(CO)c2c1CCN(C(=O)c1cc(N3CCOCC3)no1)C2. The van der Waals surface area contributed by atoms with Gasteiger partial charge in [-0.05, 0) is 6.92 Å². The zero-order valence-corrected chi connectivity index (χ0v) is 14.8. The van der Waals surface area contributed by atoms with E-state index in [2.05, 4.69) is 10.3 Å². The summed E-state index contributed by atoms with van der Waals surface area (Å²) in [6, 6.07) is 1.70. The van der Waals surface area contributed by atoms with Gasteiger partial charge in [0.15, 0.2) is 5.82 Å². The molecular weight excluding hydrogens is 338 g/mol. The lowest BCUT2D eigenvalue weighted by molar-refractivity contribution is 0.0689. The van der Waals surface area contributed by atoms with Crippen LogP contribution in [0.4, 0.5) is 5.82 Å². The summed E-state index contributed by atoms with van der Waals surface area (Å²) in [5, 5.41) is 18.0. The Morgan fingerprint density at radius 1 is 1.31 bits per heavy atom. The van der Waals surface area contributed by atoms with Gasteiger partial charge in [0.05, 0.1) is 25.5 Å². The number of aromatic nitrogens is 3. The number of aliphatic hydroxyl groups is 1. The topological polar surface area (TPSA) is 96.9 Å². The Labute approximate surface area is 151 Å². The Morgan fingerprint density at radius 3 is 2.85 bits per heavy atom. The molecule has 1 fully saturated rings. The van der Waals surface area contributed by atoms with Gasteiger partial charge < -0.3 is 24.2 Å². The molecule has 0 radical (unpaired) electrons. The summed E-state index contributed by atoms with van der Waals surface area (Å²) >= 11 is 0. The number of hydrogen-bond donors (Lipinski definition) is 1. The number of aryl methyl sites for hydroxylation is 1. The second-order valence-electron chi connectivity index (χ2n) is 6.47. The molecule has 0 spiro atoms. The third-order valence-electron chi connectivity index (χ3n) is 5.00. The fourth-order valence-corrected chi connectivity index (χ4v) is 3.59. The van der Waals surface area contributed by atoms with Gasteiger partial charge in [0, 0.05) is 56.5 Å². The molecule has 2 aliphatic rings. The van der Waals surface area contributed by atoms with E-state index in [9.17, 15) is 9.90 Å². The molecule has 2 aromatic rings. The van der Waals surface area contributed by atoms with Crippen LogP contribution in [-0.2, 0) is 30.9 Å². The molecule has 2 aliphatic heterocycles. The maximum atomic E-state index is 12.8. The van der Waals surface area contributed by atoms with Crippen LogP contribution >= 0.6 is 0 Å². The highest BCUT2D eigenvalue weighted by atomic mass is 16.5. The van der Waals surface area contributed by atoms with Crippen molar-refractivity contribution in [3.05, 3.63) is 28.8 Å². The third-order valence-corrected chi connectivity index (χ3v) is 5.00. The normalized spacial score (nSPS) is 17.5. The summed E-state index contributed by atoms with van der Waals surface area (Å²) in [7, 11) is 0. The predicted molar refractivity (Wildman–Crippen MR) is 91.8 cm³/mol. The molecule has 0 saturated carbocycles. The Balaban J connectivity index is 1.51. The van der Waals surface area contributed by atoms with Crippen LogP contribution < -0.4 is 4.90 Å². The summed E-state index contributed by atoms with van der Waals surface area (Å²) in [6.45, 7) is 6.45. The highest BCUT2D eigenvalue weighted by Crippen LogP contribution is 2.25. The van der Waals surface area contributed by atoms with E-state index in [-0.39, 0.29) is 18.3 Å². The van der Waals surface area contributed by atoms with Gasteiger partial charge in [0.25, 0.3) is 5.91 Å². The number of morpholine rings is 1. The van der Waals surface area contributed by atoms with Crippen molar-refractivity contribution in [3.63, 3.8) is 0 Å². The van der Waals surface area contributed by atoms with E-state index in [1.807, 2.05) is 16.5 Å². The van der Waals surface area contributed by atoms with Gasteiger partial charge in [0.1, 0.15) is 0 Å². The number of nitrogens with zero attached hydrogens (tertiary/aromatic N) is 5. The Kier molecular flexibility index (Phi) is 4.64. The summed E-state index contributed by atoms with van der Waals surface area (Å²) in [4.78, 5) is 16.6. The zero-order valence-electron chi connectivity index (χ0n) is 14.8. The van der Waals surface area contributed by atoms with Gasteiger partial charge in [0.2, 0.25) is 5.76 Å². The first-order valence-corrected chi connectivity index (χ1v) is 8.98. The van der Waals surface area contributed by atoms with Crippen LogP contribution in [0.2, 0.25) is 0 Å². The second-order valence-corrected chi connectivity index (χ2v) is 6.47. The number of fused-ring (bicyclic) bond motifs is 1. The number of carbonyl (C=O) groups excluding carboxylic acids is 1. The molecule has 9 heteroatoms. The van der Waals surface area contributed by atoms with E-state index >= 15 is 0 Å². The lowest BCUT2D eigenvalue weighted by atomic mass is 10.0. The molecule has 1 amide bonds. The molecule has 26 heavy (non-hydrogen) atoms. The van der Waals surface area contributed by atoms with E-state index in [4.69, 9.17) is 9.26 Å². The van der Waals surface area contributed by atoms with Crippen molar-refractivity contribution in [2.45, 2.75) is 33.0 Å². The average molecular weight is 361 g/mol. The minimum atomic E-state index is -0.184. The molecule has 0 atom stereocenters. The van der Waals surface area contributed by atoms with Gasteiger partial charge in [-0.3, -0.25) is 9.48 Å². The largest absolute Gasteiger partial charge is 0.390 e. The standard InChI is InChI=1S/C17H23N5O4/c1-2-22-14-3-4-21(10-12(14)13(11-23)18-22)17(24)15-9-16(19-26-15)20-5-7-25-8-6-20/h9,23H,2-8,10-11H2,1H3. The Hall–Kier alpha value is -2.39. The molecule has 140 valence electrons. The molecule has 0 aliphatic carbocycles. The number of hydrogen-bond acceptors (Lipinski definition) is 7. The fraction of sp³-hybridized carbons (Fsp3) is 0.588. The number of aliphatic hydroxyl groups excluding tert-OH is 1. The second kappa shape index (κ2) is 7.08. The van der Waals surface area contributed by atoms with E-state index in [0.29, 0.717) is 44.2 Å². The lowest BCUT2D eigenvalue weighted by Crippen LogP contribution is -2.37. The van der Waals surface area contributed by atoms with Crippen LogP contribution in [0.3, 0.4) is 0 Å². The van der Waals surface area contributed by atoms with Crippen molar-refractivity contribution >= 4 is 11.7 Å². The molecule has 4 rings (SSSR count). The van der Waals surface area contributed by atoms with Crippen LogP contribution in [0.1, 0.15) is 34.4 Å². The van der Waals surface area contributed by atoms with Crippen molar-refractivity contribution in [2.75, 3.05) is 37.7 Å². The molecule has 0 bridgehead atoms. The van der Waals surface area contributed by atoms with Gasteiger partial charge in [-0.15, -0.1) is 0 Å². The van der Waals surface area contributed by atoms with E-state index in [1.165, 1.54) is 0 Å². The summed E-state index contributed by atoms with van der Waals surface area (Å²) < 4.78 is 12.6. The van der Waals surface area contributed by atoms with Crippen molar-refractivity contribution in [3.8, 4) is 0 Å². The fourth-order valence-electron chi connectivity index (χ4n) is 3.59. The van der Waals surface area contributed by atoms with Gasteiger partial charge in [-0.1, -0.05) is 5.16 Å². The van der Waals surface area contributed by atoms with Crippen molar-refractivity contribution in [1.29, 1.82) is 0 Å². The number of ether oxygens (including phenoxy) is 1. The summed E-state index contributed by atoms with van der Waals surface area (Å²) in [5.74, 6) is 0.725. The van der Waals surface area contributed by atoms with Gasteiger partial charge in [-0.25, -0.2) is 0 Å². The van der Waals surface area contributed by atoms with Crippen molar-refractivity contribution < 1.29 is 19.2 Å². The predicted octanol–water partition coefficient (Wildman–Crippen LogP) is 0.418. The highest BCUT2D eigenvalue weighted by molar-refractivity contribution is 5.92. The maximum Gasteiger partial charge on any atom is 0.292 e. The number of carbonyl (C=O) groups is 1. The Bertz CT molecular complexity index is 793. The summed E-state index contributed by atoms with van der Waals surface area (Å²) in [5.41, 5.74) is 2.69. The number of rotatable bonds is 4. The van der Waals surface area contributed by atoms with Crippen LogP contribution in [-0.4, -0.2) is 63.7 Å². The molecule has 4 heterocycles. The number of anilines is 1. The summed E-state index contributed by atoms with van der Waals surface area (Å²) in [6.07, 6.45) is 0.715. The minimum absolute atomic E-state index is 0.124. The van der Waals surface area contributed by atoms with Crippen LogP contribution in [0.5, 0.6) is 0 Å². The molecule has 1 N–H and O–H groups in total. The maximum absolute atomic E-state index is 12.8. The van der Waals surface area contributed by atoms with E-state index in [0.717, 1.165) is 30.9 Å². The molecule has 0 unspecified atom stereocenters. The first-order valence-electron chi connectivity index (χ1n) is 8.98. The van der Waals surface area contributed by atoms with Crippen LogP contribution in [0.15, 0.2) is 10.6 Å². The minimum Gasteiger partial charge on any atom is -0.390 e.